The lowest BCUT2D eigenvalue weighted by Crippen LogP contribution is -2.48. The van der Waals surface area contributed by atoms with Gasteiger partial charge in [-0.1, -0.05) is 23.7 Å². The van der Waals surface area contributed by atoms with E-state index in [-0.39, 0.29) is 18.0 Å². The second-order valence-electron chi connectivity index (χ2n) is 6.60. The fourth-order valence-electron chi connectivity index (χ4n) is 3.43. The summed E-state index contributed by atoms with van der Waals surface area (Å²) in [6, 6.07) is 10.7. The molecule has 5 nitrogen and oxygen atoms in total. The quantitative estimate of drug-likeness (QED) is 0.865. The maximum atomic E-state index is 12.9. The number of halogens is 1. The molecule has 0 aliphatic carbocycles. The smallest absolute Gasteiger partial charge is 0.244 e. The molecule has 1 aromatic heterocycles. The molecule has 7 heteroatoms. The molecule has 134 valence electrons. The topological polar surface area (TPSA) is 70.5 Å². The van der Waals surface area contributed by atoms with Crippen LogP contribution in [0.3, 0.4) is 0 Å². The van der Waals surface area contributed by atoms with E-state index >= 15 is 0 Å². The first-order valence-corrected chi connectivity index (χ1v) is 10.0. The Morgan fingerprint density at radius 2 is 2.12 bits per heavy atom. The van der Waals surface area contributed by atoms with Crippen LogP contribution in [0.1, 0.15) is 18.4 Å². The fraction of sp³-hybridized carbons (Fsp3) is 0.389. The highest BCUT2D eigenvalue weighted by molar-refractivity contribution is 7.89. The predicted octanol–water partition coefficient (Wildman–Crippen LogP) is 2.74. The van der Waals surface area contributed by atoms with Crippen molar-refractivity contribution >= 4 is 21.6 Å². The average molecular weight is 381 g/mol. The summed E-state index contributed by atoms with van der Waals surface area (Å²) >= 11 is 6.06. The molecule has 0 bridgehead atoms. The molecule has 1 aromatic carbocycles. The Kier molecular flexibility index (Phi) is 5.43. The molecule has 1 saturated heterocycles. The number of benzene rings is 1. The third kappa shape index (κ3) is 4.03. The summed E-state index contributed by atoms with van der Waals surface area (Å²) < 4.78 is 27.2. The third-order valence-corrected chi connectivity index (χ3v) is 6.77. The Labute approximate surface area is 153 Å². The molecule has 2 heterocycles. The Morgan fingerprint density at radius 1 is 1.28 bits per heavy atom. The van der Waals surface area contributed by atoms with Gasteiger partial charge in [-0.05, 0) is 49.1 Å². The second kappa shape index (κ2) is 7.41. The predicted molar refractivity (Wildman–Crippen MR) is 96.9 cm³/mol. The third-order valence-electron chi connectivity index (χ3n) is 4.70. The Bertz CT molecular complexity index is 829. The van der Waals surface area contributed by atoms with Crippen LogP contribution in [0.4, 0.5) is 0 Å². The highest BCUT2D eigenvalue weighted by Crippen LogP contribution is 2.36. The number of aliphatic hydroxyl groups excluding tert-OH is 1. The van der Waals surface area contributed by atoms with Gasteiger partial charge in [0.2, 0.25) is 10.0 Å². The number of sulfonamides is 1. The van der Waals surface area contributed by atoms with E-state index in [0.717, 1.165) is 12.0 Å². The van der Waals surface area contributed by atoms with Gasteiger partial charge in [0.05, 0.1) is 6.61 Å². The molecule has 1 aliphatic rings. The van der Waals surface area contributed by atoms with Crippen molar-refractivity contribution in [1.29, 1.82) is 0 Å². The summed E-state index contributed by atoms with van der Waals surface area (Å²) in [6.45, 7) is 0.667. The van der Waals surface area contributed by atoms with E-state index in [1.165, 1.54) is 10.5 Å². The van der Waals surface area contributed by atoms with Crippen LogP contribution < -0.4 is 0 Å². The van der Waals surface area contributed by atoms with Gasteiger partial charge in [0, 0.05) is 35.9 Å². The summed E-state index contributed by atoms with van der Waals surface area (Å²) in [4.78, 5) is 4.10. The number of rotatable bonds is 5. The van der Waals surface area contributed by atoms with Crippen LogP contribution in [-0.2, 0) is 16.4 Å². The highest BCUT2D eigenvalue weighted by Gasteiger charge is 2.40. The average Bonchev–Trinajstić information content (AvgIpc) is 2.62. The largest absolute Gasteiger partial charge is 0.396 e. The first kappa shape index (κ1) is 18.3. The molecule has 0 amide bonds. The van der Waals surface area contributed by atoms with Crippen molar-refractivity contribution in [2.24, 2.45) is 5.41 Å². The minimum atomic E-state index is -3.61. The van der Waals surface area contributed by atoms with Gasteiger partial charge in [0.1, 0.15) is 4.90 Å². The van der Waals surface area contributed by atoms with Gasteiger partial charge in [-0.2, -0.15) is 4.31 Å². The lowest BCUT2D eigenvalue weighted by molar-refractivity contribution is 0.0645. The zero-order valence-electron chi connectivity index (χ0n) is 13.8. The van der Waals surface area contributed by atoms with Crippen LogP contribution in [0.25, 0.3) is 0 Å². The van der Waals surface area contributed by atoms with Gasteiger partial charge in [0.25, 0.3) is 0 Å². The molecule has 0 spiro atoms. The fourth-order valence-corrected chi connectivity index (χ4v) is 5.19. The van der Waals surface area contributed by atoms with Crippen molar-refractivity contribution < 1.29 is 13.5 Å². The molecule has 1 unspecified atom stereocenters. The van der Waals surface area contributed by atoms with Crippen LogP contribution in [0.5, 0.6) is 0 Å². The van der Waals surface area contributed by atoms with Crippen molar-refractivity contribution in [1.82, 2.24) is 9.29 Å². The maximum Gasteiger partial charge on any atom is 0.244 e. The van der Waals surface area contributed by atoms with Crippen molar-refractivity contribution in [3.05, 3.63) is 59.4 Å². The molecule has 1 N–H and O–H groups in total. The summed E-state index contributed by atoms with van der Waals surface area (Å²) in [7, 11) is -3.61. The van der Waals surface area contributed by atoms with Crippen LogP contribution >= 0.6 is 11.6 Å². The van der Waals surface area contributed by atoms with Gasteiger partial charge in [-0.3, -0.25) is 4.98 Å². The number of hydrogen-bond acceptors (Lipinski definition) is 4. The first-order valence-electron chi connectivity index (χ1n) is 8.21. The molecular formula is C18H21ClN2O3S. The summed E-state index contributed by atoms with van der Waals surface area (Å²) in [5.41, 5.74) is 0.500. The van der Waals surface area contributed by atoms with Gasteiger partial charge in [-0.25, -0.2) is 8.42 Å². The van der Waals surface area contributed by atoms with Crippen molar-refractivity contribution in [3.8, 4) is 0 Å². The molecule has 1 atom stereocenters. The van der Waals surface area contributed by atoms with E-state index in [2.05, 4.69) is 4.98 Å². The molecule has 0 radical (unpaired) electrons. The first-order chi connectivity index (χ1) is 12.0. The number of hydrogen-bond donors (Lipinski definition) is 1. The molecular weight excluding hydrogens is 360 g/mol. The van der Waals surface area contributed by atoms with Gasteiger partial charge < -0.3 is 5.11 Å². The van der Waals surface area contributed by atoms with Crippen molar-refractivity contribution in [3.63, 3.8) is 0 Å². The Balaban J connectivity index is 1.85. The van der Waals surface area contributed by atoms with Gasteiger partial charge in [-0.15, -0.1) is 0 Å². The summed E-state index contributed by atoms with van der Waals surface area (Å²) in [5.74, 6) is 0. The SMILES string of the molecule is O=S(=O)(c1cccnc1)N1CCCC(CO)(Cc2cccc(Cl)c2)C1. The van der Waals surface area contributed by atoms with Gasteiger partial charge >= 0.3 is 0 Å². The van der Waals surface area contributed by atoms with E-state index < -0.39 is 15.4 Å². The standard InChI is InChI=1S/C18H21ClN2O3S/c19-16-5-1-4-15(10-16)11-18(14-22)7-3-9-21(13-18)25(23,24)17-6-2-8-20-12-17/h1-2,4-6,8,10,12,22H,3,7,9,11,13-14H2. The maximum absolute atomic E-state index is 12.9. The highest BCUT2D eigenvalue weighted by atomic mass is 35.5. The van der Waals surface area contributed by atoms with E-state index in [9.17, 15) is 13.5 Å². The molecule has 1 aliphatic heterocycles. The van der Waals surface area contributed by atoms with Crippen LogP contribution in [0.15, 0.2) is 53.7 Å². The zero-order valence-corrected chi connectivity index (χ0v) is 15.4. The van der Waals surface area contributed by atoms with Gasteiger partial charge in [0.15, 0.2) is 0 Å². The van der Waals surface area contributed by atoms with Crippen molar-refractivity contribution in [2.75, 3.05) is 19.7 Å². The molecule has 25 heavy (non-hydrogen) atoms. The van der Waals surface area contributed by atoms with Crippen molar-refractivity contribution in [2.45, 2.75) is 24.2 Å². The minimum absolute atomic E-state index is 0.0709. The number of aliphatic hydroxyl groups is 1. The van der Waals surface area contributed by atoms with E-state index in [1.54, 1.807) is 24.4 Å². The summed E-state index contributed by atoms with van der Waals surface area (Å²) in [6.07, 6.45) is 4.98. The van der Waals surface area contributed by atoms with E-state index in [4.69, 9.17) is 11.6 Å². The lowest BCUT2D eigenvalue weighted by atomic mass is 9.76. The molecule has 1 fully saturated rings. The van der Waals surface area contributed by atoms with Crippen LogP contribution in [-0.4, -0.2) is 42.5 Å². The monoisotopic (exact) mass is 380 g/mol. The lowest BCUT2D eigenvalue weighted by Gasteiger charge is -2.41. The molecule has 2 aromatic rings. The Morgan fingerprint density at radius 3 is 2.80 bits per heavy atom. The number of piperidine rings is 1. The summed E-state index contributed by atoms with van der Waals surface area (Å²) in [5, 5.41) is 10.7. The van der Waals surface area contributed by atoms with E-state index in [0.29, 0.717) is 24.4 Å². The zero-order chi connectivity index (χ0) is 17.9. The van der Waals surface area contributed by atoms with Crippen LogP contribution in [0, 0.1) is 5.41 Å². The van der Waals surface area contributed by atoms with E-state index in [1.807, 2.05) is 18.2 Å². The molecule has 0 saturated carbocycles. The van der Waals surface area contributed by atoms with Crippen LogP contribution in [0.2, 0.25) is 5.02 Å². The number of pyridine rings is 1. The number of aromatic nitrogens is 1. The number of nitrogens with zero attached hydrogens (tertiary/aromatic N) is 2. The minimum Gasteiger partial charge on any atom is -0.396 e. The Hall–Kier alpha value is -1.47. The normalized spacial score (nSPS) is 22.0. The second-order valence-corrected chi connectivity index (χ2v) is 8.97. The molecule has 3 rings (SSSR count).